The summed E-state index contributed by atoms with van der Waals surface area (Å²) in [4.78, 5) is 12.1. The Morgan fingerprint density at radius 3 is 2.55 bits per heavy atom. The number of aromatic nitrogens is 3. The Bertz CT molecular complexity index is 610. The SMILES string of the molecule is CCNc1nc(OC)nc(Oc2ccc(Cl)cc2Cl)n1. The third-order valence-corrected chi connectivity index (χ3v) is 2.74. The summed E-state index contributed by atoms with van der Waals surface area (Å²) in [5.74, 6) is 0.756. The quantitative estimate of drug-likeness (QED) is 0.912. The second-order valence-corrected chi connectivity index (χ2v) is 4.48. The summed E-state index contributed by atoms with van der Waals surface area (Å²) in [6.45, 7) is 2.58. The van der Waals surface area contributed by atoms with Crippen LogP contribution in [0.25, 0.3) is 0 Å². The molecule has 1 aromatic carbocycles. The maximum Gasteiger partial charge on any atom is 0.330 e. The molecule has 20 heavy (non-hydrogen) atoms. The van der Waals surface area contributed by atoms with E-state index in [2.05, 4.69) is 20.3 Å². The van der Waals surface area contributed by atoms with Crippen LogP contribution in [0.15, 0.2) is 18.2 Å². The first-order chi connectivity index (χ1) is 9.62. The van der Waals surface area contributed by atoms with Gasteiger partial charge in [0.15, 0.2) is 0 Å². The zero-order valence-electron chi connectivity index (χ0n) is 10.9. The summed E-state index contributed by atoms with van der Waals surface area (Å²) in [6.07, 6.45) is 0. The van der Waals surface area contributed by atoms with Crippen molar-refractivity contribution >= 4 is 29.2 Å². The average Bonchev–Trinajstić information content (AvgIpc) is 2.42. The third kappa shape index (κ3) is 3.61. The van der Waals surface area contributed by atoms with Gasteiger partial charge in [-0.25, -0.2) is 0 Å². The number of rotatable bonds is 5. The highest BCUT2D eigenvalue weighted by atomic mass is 35.5. The van der Waals surface area contributed by atoms with Gasteiger partial charge in [-0.05, 0) is 25.1 Å². The fourth-order valence-electron chi connectivity index (χ4n) is 1.37. The van der Waals surface area contributed by atoms with Gasteiger partial charge in [-0.15, -0.1) is 4.98 Å². The molecule has 0 aliphatic rings. The monoisotopic (exact) mass is 314 g/mol. The van der Waals surface area contributed by atoms with Crippen molar-refractivity contribution in [3.63, 3.8) is 0 Å². The lowest BCUT2D eigenvalue weighted by molar-refractivity contribution is 0.360. The lowest BCUT2D eigenvalue weighted by Crippen LogP contribution is -2.06. The van der Waals surface area contributed by atoms with Crippen LogP contribution in [0.2, 0.25) is 10.0 Å². The molecule has 0 aliphatic heterocycles. The molecule has 2 aromatic rings. The Kier molecular flexibility index (Phi) is 4.81. The average molecular weight is 315 g/mol. The molecule has 0 unspecified atom stereocenters. The molecule has 2 rings (SSSR count). The molecule has 106 valence electrons. The van der Waals surface area contributed by atoms with E-state index in [0.717, 1.165) is 0 Å². The maximum absolute atomic E-state index is 6.03. The van der Waals surface area contributed by atoms with Gasteiger partial charge in [-0.3, -0.25) is 0 Å². The molecule has 0 fully saturated rings. The minimum atomic E-state index is 0.0806. The molecule has 0 saturated heterocycles. The number of hydrogen-bond acceptors (Lipinski definition) is 6. The fraction of sp³-hybridized carbons (Fsp3) is 0.250. The number of benzene rings is 1. The van der Waals surface area contributed by atoms with Gasteiger partial charge in [-0.2, -0.15) is 9.97 Å². The smallest absolute Gasteiger partial charge is 0.330 e. The highest BCUT2D eigenvalue weighted by molar-refractivity contribution is 6.35. The number of methoxy groups -OCH3 is 1. The predicted molar refractivity (Wildman–Crippen MR) is 77.1 cm³/mol. The van der Waals surface area contributed by atoms with E-state index in [-0.39, 0.29) is 12.0 Å². The molecule has 1 N–H and O–H groups in total. The second-order valence-electron chi connectivity index (χ2n) is 3.64. The van der Waals surface area contributed by atoms with Crippen LogP contribution in [0.5, 0.6) is 17.8 Å². The van der Waals surface area contributed by atoms with Crippen LogP contribution >= 0.6 is 23.2 Å². The Hall–Kier alpha value is -1.79. The molecule has 8 heteroatoms. The summed E-state index contributed by atoms with van der Waals surface area (Å²) in [6, 6.07) is 5.09. The number of hydrogen-bond donors (Lipinski definition) is 1. The van der Waals surface area contributed by atoms with Gasteiger partial charge in [0.25, 0.3) is 0 Å². The highest BCUT2D eigenvalue weighted by Crippen LogP contribution is 2.30. The summed E-state index contributed by atoms with van der Waals surface area (Å²) >= 11 is 11.8. The van der Waals surface area contributed by atoms with E-state index in [0.29, 0.717) is 28.3 Å². The summed E-state index contributed by atoms with van der Waals surface area (Å²) in [7, 11) is 1.46. The van der Waals surface area contributed by atoms with Gasteiger partial charge in [0.05, 0.1) is 12.1 Å². The number of nitrogens with one attached hydrogen (secondary N) is 1. The number of anilines is 1. The topological polar surface area (TPSA) is 69.2 Å². The van der Waals surface area contributed by atoms with Crippen molar-refractivity contribution in [3.05, 3.63) is 28.2 Å². The summed E-state index contributed by atoms with van der Waals surface area (Å²) in [5, 5.41) is 3.84. The first kappa shape index (κ1) is 14.6. The normalized spacial score (nSPS) is 10.2. The molecule has 0 spiro atoms. The molecule has 0 saturated carbocycles. The van der Waals surface area contributed by atoms with E-state index < -0.39 is 0 Å². The fourth-order valence-corrected chi connectivity index (χ4v) is 1.82. The van der Waals surface area contributed by atoms with Crippen molar-refractivity contribution < 1.29 is 9.47 Å². The zero-order valence-corrected chi connectivity index (χ0v) is 12.4. The van der Waals surface area contributed by atoms with E-state index in [1.54, 1.807) is 18.2 Å². The van der Waals surface area contributed by atoms with E-state index in [4.69, 9.17) is 32.7 Å². The van der Waals surface area contributed by atoms with Crippen molar-refractivity contribution in [3.8, 4) is 17.8 Å². The molecule has 0 amide bonds. The largest absolute Gasteiger partial charge is 0.467 e. The van der Waals surface area contributed by atoms with Crippen LogP contribution in [-0.4, -0.2) is 28.6 Å². The van der Waals surface area contributed by atoms with Crippen molar-refractivity contribution in [2.75, 3.05) is 19.0 Å². The minimum absolute atomic E-state index is 0.0806. The standard InChI is InChI=1S/C12H12Cl2N4O2/c1-3-15-10-16-11(19-2)18-12(17-10)20-9-5-4-7(13)6-8(9)14/h4-6H,3H2,1-2H3,(H,15,16,17,18). The second kappa shape index (κ2) is 6.58. The molecule has 0 radical (unpaired) electrons. The predicted octanol–water partition coefficient (Wildman–Crippen LogP) is 3.41. The van der Waals surface area contributed by atoms with Gasteiger partial charge >= 0.3 is 12.0 Å². The van der Waals surface area contributed by atoms with Gasteiger partial charge < -0.3 is 14.8 Å². The Morgan fingerprint density at radius 2 is 1.90 bits per heavy atom. The van der Waals surface area contributed by atoms with Crippen molar-refractivity contribution in [1.29, 1.82) is 0 Å². The van der Waals surface area contributed by atoms with Crippen LogP contribution in [0.1, 0.15) is 6.92 Å². The minimum Gasteiger partial charge on any atom is -0.467 e. The van der Waals surface area contributed by atoms with Crippen LogP contribution in [0, 0.1) is 0 Å². The number of nitrogens with zero attached hydrogens (tertiary/aromatic N) is 3. The van der Waals surface area contributed by atoms with Gasteiger partial charge in [-0.1, -0.05) is 23.2 Å². The molecule has 0 aliphatic carbocycles. The third-order valence-electron chi connectivity index (χ3n) is 2.21. The lowest BCUT2D eigenvalue weighted by atomic mass is 10.3. The first-order valence-electron chi connectivity index (χ1n) is 5.79. The van der Waals surface area contributed by atoms with Crippen molar-refractivity contribution in [2.24, 2.45) is 0 Å². The van der Waals surface area contributed by atoms with Crippen LogP contribution in [0.4, 0.5) is 5.95 Å². The van der Waals surface area contributed by atoms with Gasteiger partial charge in [0.2, 0.25) is 5.95 Å². The maximum atomic E-state index is 6.03. The van der Waals surface area contributed by atoms with Crippen molar-refractivity contribution in [2.45, 2.75) is 6.92 Å². The molecule has 1 heterocycles. The highest BCUT2D eigenvalue weighted by Gasteiger charge is 2.10. The van der Waals surface area contributed by atoms with E-state index in [1.807, 2.05) is 6.92 Å². The van der Waals surface area contributed by atoms with Crippen molar-refractivity contribution in [1.82, 2.24) is 15.0 Å². The number of halogens is 2. The molecule has 0 bridgehead atoms. The molecular weight excluding hydrogens is 303 g/mol. The summed E-state index contributed by atoms with van der Waals surface area (Å²) in [5.41, 5.74) is 0. The lowest BCUT2D eigenvalue weighted by Gasteiger charge is -2.08. The van der Waals surface area contributed by atoms with Crippen LogP contribution in [0.3, 0.4) is 0 Å². The van der Waals surface area contributed by atoms with E-state index in [1.165, 1.54) is 7.11 Å². The van der Waals surface area contributed by atoms with Gasteiger partial charge in [0, 0.05) is 11.6 Å². The molecular formula is C12H12Cl2N4O2. The first-order valence-corrected chi connectivity index (χ1v) is 6.54. The van der Waals surface area contributed by atoms with E-state index >= 15 is 0 Å². The van der Waals surface area contributed by atoms with Gasteiger partial charge in [0.1, 0.15) is 5.75 Å². The molecule has 6 nitrogen and oxygen atoms in total. The van der Waals surface area contributed by atoms with Crippen LogP contribution in [-0.2, 0) is 0 Å². The van der Waals surface area contributed by atoms with E-state index in [9.17, 15) is 0 Å². The Balaban J connectivity index is 2.29. The van der Waals surface area contributed by atoms with Crippen LogP contribution < -0.4 is 14.8 Å². The Morgan fingerprint density at radius 1 is 1.15 bits per heavy atom. The summed E-state index contributed by atoms with van der Waals surface area (Å²) < 4.78 is 10.5. The zero-order chi connectivity index (χ0) is 14.5. The Labute approximate surface area is 126 Å². The number of ether oxygens (including phenoxy) is 2. The molecule has 1 aromatic heterocycles. The molecule has 0 atom stereocenters.